The highest BCUT2D eigenvalue weighted by atomic mass is 32.2. The summed E-state index contributed by atoms with van der Waals surface area (Å²) in [6.07, 6.45) is -3.69. The Hall–Kier alpha value is -4.85. The van der Waals surface area contributed by atoms with Gasteiger partial charge in [0.05, 0.1) is 30.3 Å². The van der Waals surface area contributed by atoms with Crippen molar-refractivity contribution in [2.45, 2.75) is 26.6 Å². The zero-order chi connectivity index (χ0) is 31.3. The van der Waals surface area contributed by atoms with Crippen molar-refractivity contribution in [2.24, 2.45) is 4.99 Å². The fourth-order valence-corrected chi connectivity index (χ4v) is 5.12. The average Bonchev–Trinajstić information content (AvgIpc) is 3.61. The maximum atomic E-state index is 12.7. The number of amides is 2. The molecule has 1 aromatic heterocycles. The fraction of sp³-hybridized carbons (Fsp3) is 0.233. The van der Waals surface area contributed by atoms with Gasteiger partial charge in [0, 0.05) is 12.0 Å². The first kappa shape index (κ1) is 30.6. The van der Waals surface area contributed by atoms with Crippen LogP contribution in [0.2, 0.25) is 0 Å². The van der Waals surface area contributed by atoms with E-state index in [0.717, 1.165) is 28.5 Å². The van der Waals surface area contributed by atoms with E-state index in [4.69, 9.17) is 9.47 Å². The molecule has 1 aliphatic heterocycles. The van der Waals surface area contributed by atoms with Crippen molar-refractivity contribution >= 4 is 34.6 Å². The van der Waals surface area contributed by atoms with E-state index in [1.807, 2.05) is 50.2 Å². The van der Waals surface area contributed by atoms with Crippen LogP contribution >= 0.6 is 11.8 Å². The van der Waals surface area contributed by atoms with E-state index < -0.39 is 12.5 Å². The summed E-state index contributed by atoms with van der Waals surface area (Å²) >= 11 is 1.16. The number of aliphatic imine (C=N–C) groups is 1. The van der Waals surface area contributed by atoms with Crippen molar-refractivity contribution in [3.8, 4) is 28.6 Å². The molecule has 0 bridgehead atoms. The van der Waals surface area contributed by atoms with E-state index in [-0.39, 0.29) is 29.2 Å². The van der Waals surface area contributed by atoms with Crippen molar-refractivity contribution in [3.63, 3.8) is 0 Å². The predicted molar refractivity (Wildman–Crippen MR) is 158 cm³/mol. The van der Waals surface area contributed by atoms with Crippen LogP contribution in [0.4, 0.5) is 23.7 Å². The van der Waals surface area contributed by atoms with Crippen LogP contribution in [0.5, 0.6) is 11.5 Å². The van der Waals surface area contributed by atoms with Gasteiger partial charge in [-0.1, -0.05) is 42.1 Å². The zero-order valence-corrected chi connectivity index (χ0v) is 24.4. The number of carbonyl (C=O) groups excluding carboxylic acids is 2. The summed E-state index contributed by atoms with van der Waals surface area (Å²) in [7, 11) is 0. The molecule has 1 aliphatic rings. The van der Waals surface area contributed by atoms with Gasteiger partial charge in [-0.05, 0) is 61.4 Å². The molecule has 5 rings (SSSR count). The second kappa shape index (κ2) is 13.2. The van der Waals surface area contributed by atoms with Crippen molar-refractivity contribution in [3.05, 3.63) is 84.2 Å². The van der Waals surface area contributed by atoms with Crippen LogP contribution in [0.15, 0.2) is 78.0 Å². The standard InChI is InChI=1S/C30H26F3N5O5S/c1-3-41-25-13-4-19(2)16-24(25)38-26(39)17-44-28(38)35-29(40)42-15-14-20-5-7-21(8-6-20)27-34-18-37(36-27)22-9-11-23(12-10-22)43-30(31,32)33/h4-13,16,18H,3,14-15,17H2,1-2H3. The van der Waals surface area contributed by atoms with Crippen LogP contribution < -0.4 is 14.4 Å². The fourth-order valence-electron chi connectivity index (χ4n) is 4.27. The average molecular weight is 626 g/mol. The lowest BCUT2D eigenvalue weighted by molar-refractivity contribution is -0.274. The minimum Gasteiger partial charge on any atom is -0.492 e. The minimum absolute atomic E-state index is 0.0726. The summed E-state index contributed by atoms with van der Waals surface area (Å²) < 4.78 is 53.5. The topological polar surface area (TPSA) is 108 Å². The van der Waals surface area contributed by atoms with Gasteiger partial charge >= 0.3 is 12.5 Å². The van der Waals surface area contributed by atoms with Crippen molar-refractivity contribution in [1.29, 1.82) is 0 Å². The third-order valence-corrected chi connectivity index (χ3v) is 7.19. The molecule has 1 fully saturated rings. The summed E-state index contributed by atoms with van der Waals surface area (Å²) in [5.74, 6) is 0.552. The number of alkyl halides is 3. The van der Waals surface area contributed by atoms with Gasteiger partial charge in [0.15, 0.2) is 11.0 Å². The minimum atomic E-state index is -4.76. The van der Waals surface area contributed by atoms with Crippen LogP contribution in [-0.2, 0) is 16.0 Å². The highest BCUT2D eigenvalue weighted by Gasteiger charge is 2.33. The molecule has 44 heavy (non-hydrogen) atoms. The summed E-state index contributed by atoms with van der Waals surface area (Å²) in [6.45, 7) is 4.24. The molecule has 0 spiro atoms. The molecule has 3 aromatic carbocycles. The number of benzene rings is 3. The van der Waals surface area contributed by atoms with E-state index in [1.165, 1.54) is 40.2 Å². The smallest absolute Gasteiger partial charge is 0.492 e. The molecule has 14 heteroatoms. The Bertz CT molecular complexity index is 1670. The number of amidine groups is 1. The van der Waals surface area contributed by atoms with Crippen LogP contribution in [0.3, 0.4) is 0 Å². The maximum absolute atomic E-state index is 12.7. The van der Waals surface area contributed by atoms with Gasteiger partial charge < -0.3 is 14.2 Å². The number of hydrogen-bond acceptors (Lipinski definition) is 8. The molecular formula is C30H26F3N5O5S. The number of nitrogens with zero attached hydrogens (tertiary/aromatic N) is 5. The highest BCUT2D eigenvalue weighted by Crippen LogP contribution is 2.35. The van der Waals surface area contributed by atoms with Crippen molar-refractivity contribution in [1.82, 2.24) is 14.8 Å². The third kappa shape index (κ3) is 7.56. The van der Waals surface area contributed by atoms with Crippen LogP contribution in [0.1, 0.15) is 18.1 Å². The van der Waals surface area contributed by atoms with Gasteiger partial charge in [0.1, 0.15) is 17.8 Å². The second-order valence-electron chi connectivity index (χ2n) is 9.43. The van der Waals surface area contributed by atoms with Gasteiger partial charge in [-0.2, -0.15) is 4.99 Å². The quantitative estimate of drug-likeness (QED) is 0.212. The molecule has 0 atom stereocenters. The number of thioether (sulfide) groups is 1. The Kier molecular flexibility index (Phi) is 9.18. The first-order chi connectivity index (χ1) is 21.1. The van der Waals surface area contributed by atoms with Gasteiger partial charge in [-0.3, -0.25) is 9.69 Å². The Morgan fingerprint density at radius 2 is 1.82 bits per heavy atom. The lowest BCUT2D eigenvalue weighted by Crippen LogP contribution is -2.30. The Labute approximate surface area is 254 Å². The molecular weight excluding hydrogens is 599 g/mol. The highest BCUT2D eigenvalue weighted by molar-refractivity contribution is 8.15. The maximum Gasteiger partial charge on any atom is 0.573 e. The zero-order valence-electron chi connectivity index (χ0n) is 23.6. The number of hydrogen-bond donors (Lipinski definition) is 0. The molecule has 1 saturated heterocycles. The van der Waals surface area contributed by atoms with Crippen LogP contribution in [-0.4, -0.2) is 57.3 Å². The normalized spacial score (nSPS) is 14.2. The van der Waals surface area contributed by atoms with Gasteiger partial charge in [0.25, 0.3) is 0 Å². The number of carbonyl (C=O) groups is 2. The molecule has 4 aromatic rings. The van der Waals surface area contributed by atoms with Gasteiger partial charge in [-0.15, -0.1) is 18.3 Å². The first-order valence-corrected chi connectivity index (χ1v) is 14.4. The molecule has 0 saturated carbocycles. The lowest BCUT2D eigenvalue weighted by Gasteiger charge is -2.20. The van der Waals surface area contributed by atoms with Gasteiger partial charge in [0.2, 0.25) is 5.91 Å². The molecule has 0 N–H and O–H groups in total. The first-order valence-electron chi connectivity index (χ1n) is 13.4. The molecule has 10 nitrogen and oxygen atoms in total. The molecule has 228 valence electrons. The molecule has 0 radical (unpaired) electrons. The van der Waals surface area contributed by atoms with Crippen LogP contribution in [0, 0.1) is 6.92 Å². The van der Waals surface area contributed by atoms with E-state index in [9.17, 15) is 22.8 Å². The molecule has 2 amide bonds. The number of aromatic nitrogens is 3. The number of anilines is 1. The van der Waals surface area contributed by atoms with E-state index >= 15 is 0 Å². The van der Waals surface area contributed by atoms with Gasteiger partial charge in [-0.25, -0.2) is 14.5 Å². The summed E-state index contributed by atoms with van der Waals surface area (Å²) in [5.41, 5.74) is 3.58. The van der Waals surface area contributed by atoms with E-state index in [2.05, 4.69) is 19.8 Å². The Morgan fingerprint density at radius 3 is 2.52 bits per heavy atom. The molecule has 0 aliphatic carbocycles. The summed E-state index contributed by atoms with van der Waals surface area (Å²) in [6, 6.07) is 18.1. The second-order valence-corrected chi connectivity index (χ2v) is 10.4. The summed E-state index contributed by atoms with van der Waals surface area (Å²) in [5, 5.41) is 4.62. The van der Waals surface area contributed by atoms with Crippen molar-refractivity contribution in [2.75, 3.05) is 23.9 Å². The summed E-state index contributed by atoms with van der Waals surface area (Å²) in [4.78, 5) is 34.9. The Balaban J connectivity index is 1.17. The largest absolute Gasteiger partial charge is 0.573 e. The number of halogens is 3. The van der Waals surface area contributed by atoms with E-state index in [0.29, 0.717) is 36.0 Å². The number of ether oxygens (including phenoxy) is 3. The van der Waals surface area contributed by atoms with E-state index in [1.54, 1.807) is 6.07 Å². The lowest BCUT2D eigenvalue weighted by atomic mass is 10.1. The van der Waals surface area contributed by atoms with Crippen molar-refractivity contribution < 1.29 is 37.0 Å². The molecule has 0 unspecified atom stereocenters. The number of aryl methyl sites for hydroxylation is 1. The monoisotopic (exact) mass is 625 g/mol. The third-order valence-electron chi connectivity index (χ3n) is 6.26. The Morgan fingerprint density at radius 1 is 1.07 bits per heavy atom. The predicted octanol–water partition coefficient (Wildman–Crippen LogP) is 6.36. The van der Waals surface area contributed by atoms with Crippen LogP contribution in [0.25, 0.3) is 17.1 Å². The SMILES string of the molecule is CCOc1ccc(C)cc1N1C(=O)CSC1=NC(=O)OCCc1ccc(-c2ncn(-c3ccc(OC(F)(F)F)cc3)n2)cc1. The number of rotatable bonds is 9. The molecule has 2 heterocycles.